The van der Waals surface area contributed by atoms with Gasteiger partial charge in [-0.1, -0.05) is 69.6 Å². The minimum atomic E-state index is -1.96. The van der Waals surface area contributed by atoms with Gasteiger partial charge in [0.15, 0.2) is 4.33 Å². The molecule has 138 valence electrons. The third-order valence-corrected chi connectivity index (χ3v) is 10.1. The van der Waals surface area contributed by atoms with Crippen LogP contribution in [0.5, 0.6) is 0 Å². The number of carbonyl (C=O) groups excluding carboxylic acids is 2. The first kappa shape index (κ1) is 19.7. The van der Waals surface area contributed by atoms with Crippen molar-refractivity contribution < 1.29 is 9.59 Å². The highest BCUT2D eigenvalue weighted by Crippen LogP contribution is 2.77. The van der Waals surface area contributed by atoms with E-state index in [1.165, 1.54) is 18.2 Å². The first-order valence-electron chi connectivity index (χ1n) is 7.07. The standard InChI is InChI=1S/C15H5Cl8NO2/c16-5-2-1-4(3-6(5)17)24-11(25)7-8(12(24)26)14(21)10(19)9(18)13(7,20)15(14,22)23/h1-3,7-8H/t7-,8-,13+,14+/m1/s1. The number of nitrogens with zero attached hydrogens (tertiary/aromatic N) is 1. The molecular formula is C15H5Cl8NO2. The summed E-state index contributed by atoms with van der Waals surface area (Å²) < 4.78 is -1.96. The Morgan fingerprint density at radius 1 is 0.769 bits per heavy atom. The predicted molar refractivity (Wildman–Crippen MR) is 106 cm³/mol. The average molecular weight is 515 g/mol. The van der Waals surface area contributed by atoms with E-state index in [0.29, 0.717) is 0 Å². The summed E-state index contributed by atoms with van der Waals surface area (Å²) in [6, 6.07) is 4.32. The molecule has 11 heteroatoms. The van der Waals surface area contributed by atoms with E-state index in [0.717, 1.165) is 4.90 Å². The lowest BCUT2D eigenvalue weighted by Crippen LogP contribution is -2.50. The molecule has 1 heterocycles. The van der Waals surface area contributed by atoms with Gasteiger partial charge in [-0.2, -0.15) is 0 Å². The summed E-state index contributed by atoms with van der Waals surface area (Å²) in [5, 5.41) is 0.160. The topological polar surface area (TPSA) is 37.4 Å². The number of carbonyl (C=O) groups is 2. The second kappa shape index (κ2) is 5.73. The number of halogens is 8. The molecule has 4 atom stereocenters. The Bertz CT molecular complexity index is 884. The Balaban J connectivity index is 1.90. The van der Waals surface area contributed by atoms with Crippen LogP contribution in [0.4, 0.5) is 5.69 Å². The lowest BCUT2D eigenvalue weighted by atomic mass is 9.84. The van der Waals surface area contributed by atoms with Crippen LogP contribution >= 0.6 is 92.8 Å². The van der Waals surface area contributed by atoms with Gasteiger partial charge in [0, 0.05) is 0 Å². The molecule has 26 heavy (non-hydrogen) atoms. The molecule has 1 aromatic rings. The average Bonchev–Trinajstić information content (AvgIpc) is 2.95. The van der Waals surface area contributed by atoms with Gasteiger partial charge in [-0.3, -0.25) is 9.59 Å². The van der Waals surface area contributed by atoms with E-state index in [-0.39, 0.29) is 25.8 Å². The van der Waals surface area contributed by atoms with Gasteiger partial charge >= 0.3 is 0 Å². The number of benzene rings is 1. The number of allylic oxidation sites excluding steroid dienone is 2. The van der Waals surface area contributed by atoms with Crippen molar-refractivity contribution in [3.8, 4) is 0 Å². The second-order valence-electron chi connectivity index (χ2n) is 6.19. The molecule has 1 saturated carbocycles. The third-order valence-electron chi connectivity index (χ3n) is 5.07. The van der Waals surface area contributed by atoms with Crippen molar-refractivity contribution >= 4 is 110 Å². The molecule has 0 aromatic heterocycles. The maximum Gasteiger partial charge on any atom is 0.240 e. The number of hydrogen-bond acceptors (Lipinski definition) is 2. The molecule has 3 aliphatic rings. The Morgan fingerprint density at radius 2 is 1.23 bits per heavy atom. The molecule has 4 rings (SSSR count). The Kier molecular flexibility index (Phi) is 4.35. The van der Waals surface area contributed by atoms with E-state index in [4.69, 9.17) is 92.8 Å². The van der Waals surface area contributed by atoms with Gasteiger partial charge in [-0.25, -0.2) is 4.90 Å². The van der Waals surface area contributed by atoms with Crippen molar-refractivity contribution in [1.82, 2.24) is 0 Å². The fraction of sp³-hybridized carbons (Fsp3) is 0.333. The van der Waals surface area contributed by atoms with E-state index in [1.54, 1.807) is 0 Å². The smallest absolute Gasteiger partial charge is 0.240 e. The van der Waals surface area contributed by atoms with Crippen molar-refractivity contribution in [2.75, 3.05) is 4.90 Å². The zero-order valence-electron chi connectivity index (χ0n) is 12.2. The Hall–Kier alpha value is 0.420. The van der Waals surface area contributed by atoms with Gasteiger partial charge in [-0.15, -0.1) is 23.2 Å². The van der Waals surface area contributed by atoms with Gasteiger partial charge in [0.1, 0.15) is 9.75 Å². The number of rotatable bonds is 1. The number of imide groups is 1. The summed E-state index contributed by atoms with van der Waals surface area (Å²) in [6.45, 7) is 0. The van der Waals surface area contributed by atoms with Crippen molar-refractivity contribution in [3.63, 3.8) is 0 Å². The van der Waals surface area contributed by atoms with Crippen LogP contribution in [0, 0.1) is 11.8 Å². The van der Waals surface area contributed by atoms with Gasteiger partial charge < -0.3 is 0 Å². The highest BCUT2D eigenvalue weighted by atomic mass is 35.5. The minimum absolute atomic E-state index is 0.140. The van der Waals surface area contributed by atoms with Crippen molar-refractivity contribution in [1.29, 1.82) is 0 Å². The predicted octanol–water partition coefficient (Wildman–Crippen LogP) is 5.94. The fourth-order valence-corrected chi connectivity index (χ4v) is 7.10. The Labute approximate surface area is 188 Å². The van der Waals surface area contributed by atoms with Crippen LogP contribution in [0.1, 0.15) is 0 Å². The number of amides is 2. The van der Waals surface area contributed by atoms with Crippen molar-refractivity contribution in [2.45, 2.75) is 14.1 Å². The first-order valence-corrected chi connectivity index (χ1v) is 10.1. The van der Waals surface area contributed by atoms with Gasteiger partial charge in [0.25, 0.3) is 0 Å². The zero-order chi connectivity index (χ0) is 19.4. The van der Waals surface area contributed by atoms with Crippen LogP contribution in [0.15, 0.2) is 28.3 Å². The first-order chi connectivity index (χ1) is 11.9. The normalized spacial score (nSPS) is 37.8. The largest absolute Gasteiger partial charge is 0.274 e. The molecular weight excluding hydrogens is 510 g/mol. The van der Waals surface area contributed by atoms with Crippen LogP contribution in [0.3, 0.4) is 0 Å². The van der Waals surface area contributed by atoms with E-state index in [2.05, 4.69) is 0 Å². The van der Waals surface area contributed by atoms with Crippen LogP contribution in [-0.2, 0) is 9.59 Å². The van der Waals surface area contributed by atoms with Crippen LogP contribution < -0.4 is 4.90 Å². The molecule has 2 fully saturated rings. The summed E-state index contributed by atoms with van der Waals surface area (Å²) in [6.07, 6.45) is 0. The van der Waals surface area contributed by atoms with Gasteiger partial charge in [0.2, 0.25) is 11.8 Å². The molecule has 2 bridgehead atoms. The summed E-state index contributed by atoms with van der Waals surface area (Å²) in [4.78, 5) is 23.5. The molecule has 1 saturated heterocycles. The van der Waals surface area contributed by atoms with E-state index < -0.39 is 37.7 Å². The highest BCUT2D eigenvalue weighted by molar-refractivity contribution is 6.67. The van der Waals surface area contributed by atoms with Crippen LogP contribution in [0.25, 0.3) is 0 Å². The second-order valence-corrected chi connectivity index (χ2v) is 10.3. The number of fused-ring (bicyclic) bond motifs is 5. The van der Waals surface area contributed by atoms with Crippen LogP contribution in [-0.4, -0.2) is 25.9 Å². The molecule has 0 radical (unpaired) electrons. The maximum atomic E-state index is 13.1. The lowest BCUT2D eigenvalue weighted by molar-refractivity contribution is -0.123. The summed E-state index contributed by atoms with van der Waals surface area (Å²) >= 11 is 50.4. The molecule has 0 spiro atoms. The molecule has 0 N–H and O–H groups in total. The van der Waals surface area contributed by atoms with E-state index in [9.17, 15) is 9.59 Å². The molecule has 2 aliphatic carbocycles. The fourth-order valence-electron chi connectivity index (χ4n) is 3.87. The summed E-state index contributed by atoms with van der Waals surface area (Å²) in [5.74, 6) is -3.67. The zero-order valence-corrected chi connectivity index (χ0v) is 18.2. The summed E-state index contributed by atoms with van der Waals surface area (Å²) in [5.41, 5.74) is 0.214. The monoisotopic (exact) mass is 511 g/mol. The molecule has 0 unspecified atom stereocenters. The number of anilines is 1. The van der Waals surface area contributed by atoms with E-state index in [1.807, 2.05) is 0 Å². The van der Waals surface area contributed by atoms with Gasteiger partial charge in [0.05, 0.1) is 37.6 Å². The van der Waals surface area contributed by atoms with E-state index >= 15 is 0 Å². The summed E-state index contributed by atoms with van der Waals surface area (Å²) in [7, 11) is 0. The molecule has 2 amide bonds. The minimum Gasteiger partial charge on any atom is -0.274 e. The van der Waals surface area contributed by atoms with Crippen molar-refractivity contribution in [3.05, 3.63) is 38.3 Å². The molecule has 1 aliphatic heterocycles. The lowest BCUT2D eigenvalue weighted by Gasteiger charge is -2.34. The molecule has 1 aromatic carbocycles. The quantitative estimate of drug-likeness (QED) is 0.343. The number of alkyl halides is 4. The maximum absolute atomic E-state index is 13.1. The van der Waals surface area contributed by atoms with Gasteiger partial charge in [-0.05, 0) is 18.2 Å². The molecule has 3 nitrogen and oxygen atoms in total. The SMILES string of the molecule is O=C1[C@H]2[C@H](C(=O)N1c1ccc(Cl)c(Cl)c1)[C@]1(Cl)C(Cl)=C(Cl)[C@]2(Cl)C1(Cl)Cl. The van der Waals surface area contributed by atoms with Crippen LogP contribution in [0.2, 0.25) is 10.0 Å². The Morgan fingerprint density at radius 3 is 1.65 bits per heavy atom. The van der Waals surface area contributed by atoms with Crippen molar-refractivity contribution in [2.24, 2.45) is 11.8 Å². The highest BCUT2D eigenvalue weighted by Gasteiger charge is 2.87. The number of hydrogen-bond donors (Lipinski definition) is 0. The third kappa shape index (κ3) is 1.92.